The summed E-state index contributed by atoms with van der Waals surface area (Å²) in [6.45, 7) is 7.94. The highest BCUT2D eigenvalue weighted by atomic mass is 32.2. The predicted molar refractivity (Wildman–Crippen MR) is 123 cm³/mol. The highest BCUT2D eigenvalue weighted by molar-refractivity contribution is 7.99. The minimum Gasteiger partial charge on any atom is -0.480 e. The summed E-state index contributed by atoms with van der Waals surface area (Å²) in [4.78, 5) is 34.8. The summed E-state index contributed by atoms with van der Waals surface area (Å²) in [5.41, 5.74) is 3.98. The van der Waals surface area contributed by atoms with E-state index in [0.717, 1.165) is 30.6 Å². The Labute approximate surface area is 184 Å². The van der Waals surface area contributed by atoms with Crippen LogP contribution in [0.2, 0.25) is 0 Å². The largest absolute Gasteiger partial charge is 0.480 e. The fraction of sp³-hybridized carbons (Fsp3) is 0.591. The van der Waals surface area contributed by atoms with E-state index in [4.69, 9.17) is 5.11 Å². The molecule has 0 aromatic heterocycles. The number of amides is 2. The molecular formula is C22H36N2O5S. The molecule has 30 heavy (non-hydrogen) atoms. The number of urea groups is 1. The van der Waals surface area contributed by atoms with Crippen LogP contribution in [0, 0.1) is 0 Å². The van der Waals surface area contributed by atoms with Crippen LogP contribution in [0.15, 0.2) is 34.9 Å². The number of aliphatic carboxylic acids is 2. The van der Waals surface area contributed by atoms with Crippen LogP contribution in [0.4, 0.5) is 4.79 Å². The second-order valence-electron chi connectivity index (χ2n) is 7.59. The van der Waals surface area contributed by atoms with E-state index in [0.29, 0.717) is 5.75 Å². The third kappa shape index (κ3) is 14.7. The van der Waals surface area contributed by atoms with Gasteiger partial charge in [0.15, 0.2) is 0 Å². The molecule has 0 radical (unpaired) electrons. The van der Waals surface area contributed by atoms with Gasteiger partial charge in [-0.15, -0.1) is 0 Å². The molecule has 0 saturated heterocycles. The van der Waals surface area contributed by atoms with Crippen molar-refractivity contribution in [2.45, 2.75) is 59.4 Å². The lowest BCUT2D eigenvalue weighted by molar-refractivity contribution is -0.138. The first-order valence-electron chi connectivity index (χ1n) is 10.0. The normalized spacial score (nSPS) is 12.8. The van der Waals surface area contributed by atoms with Crippen molar-refractivity contribution in [3.05, 3.63) is 34.9 Å². The molecule has 0 aromatic rings. The Kier molecular flexibility index (Phi) is 14.4. The number of carbonyl (C=O) groups excluding carboxylic acids is 1. The number of hydrogen-bond acceptors (Lipinski definition) is 4. The number of nitrogens with one attached hydrogen (secondary N) is 1. The maximum atomic E-state index is 11.9. The van der Waals surface area contributed by atoms with Crippen molar-refractivity contribution < 1.29 is 24.6 Å². The molecule has 0 aliphatic carbocycles. The molecule has 170 valence electrons. The highest BCUT2D eigenvalue weighted by Gasteiger charge is 2.22. The van der Waals surface area contributed by atoms with Gasteiger partial charge in [0.2, 0.25) is 0 Å². The SMILES string of the molecule is CC(C)=CCC/C(C)=C/CC/C(C)=C/CSCC(NC(=O)N(C)CC(=O)O)C(=O)O. The molecule has 1 atom stereocenters. The molecule has 0 spiro atoms. The first kappa shape index (κ1) is 27.8. The van der Waals surface area contributed by atoms with Crippen LogP contribution < -0.4 is 5.32 Å². The second kappa shape index (κ2) is 15.6. The van der Waals surface area contributed by atoms with E-state index in [1.807, 2.05) is 0 Å². The standard InChI is InChI=1S/C22H36N2O5S/c1-16(2)8-6-9-17(3)10-7-11-18(4)12-13-30-15-19(21(27)28)23-22(29)24(5)14-20(25)26/h8,10,12,19H,6-7,9,11,13-15H2,1-5H3,(H,23,29)(H,25,26)(H,27,28)/b17-10+,18-12+. The number of thioether (sulfide) groups is 1. The summed E-state index contributed by atoms with van der Waals surface area (Å²) in [5.74, 6) is -1.45. The van der Waals surface area contributed by atoms with Crippen molar-refractivity contribution in [3.63, 3.8) is 0 Å². The summed E-state index contributed by atoms with van der Waals surface area (Å²) in [6.07, 6.45) is 10.7. The molecule has 2 amide bonds. The average Bonchev–Trinajstić information content (AvgIpc) is 2.62. The number of rotatable bonds is 14. The smallest absolute Gasteiger partial charge is 0.327 e. The van der Waals surface area contributed by atoms with Gasteiger partial charge in [-0.25, -0.2) is 9.59 Å². The van der Waals surface area contributed by atoms with E-state index in [9.17, 15) is 19.5 Å². The van der Waals surface area contributed by atoms with Gasteiger partial charge in [0.25, 0.3) is 0 Å². The number of carboxylic acid groups (broad SMARTS) is 2. The predicted octanol–water partition coefficient (Wildman–Crippen LogP) is 4.32. The van der Waals surface area contributed by atoms with Gasteiger partial charge in [-0.2, -0.15) is 11.8 Å². The number of hydrogen-bond donors (Lipinski definition) is 3. The molecule has 7 nitrogen and oxygen atoms in total. The molecule has 0 fully saturated rings. The van der Waals surface area contributed by atoms with Crippen LogP contribution >= 0.6 is 11.8 Å². The van der Waals surface area contributed by atoms with Crippen molar-refractivity contribution in [1.82, 2.24) is 10.2 Å². The summed E-state index contributed by atoms with van der Waals surface area (Å²) < 4.78 is 0. The summed E-state index contributed by atoms with van der Waals surface area (Å²) >= 11 is 1.41. The van der Waals surface area contributed by atoms with Gasteiger partial charge in [-0.3, -0.25) is 4.79 Å². The van der Waals surface area contributed by atoms with Gasteiger partial charge in [0, 0.05) is 18.6 Å². The molecule has 0 saturated carbocycles. The van der Waals surface area contributed by atoms with E-state index >= 15 is 0 Å². The summed E-state index contributed by atoms with van der Waals surface area (Å²) in [5, 5.41) is 20.3. The van der Waals surface area contributed by atoms with E-state index in [2.05, 4.69) is 51.2 Å². The number of carboxylic acids is 2. The number of likely N-dealkylation sites (N-methyl/N-ethyl adjacent to an activating group) is 1. The van der Waals surface area contributed by atoms with E-state index < -0.39 is 30.6 Å². The fourth-order valence-electron chi connectivity index (χ4n) is 2.43. The van der Waals surface area contributed by atoms with Crippen molar-refractivity contribution >= 4 is 29.7 Å². The zero-order valence-electron chi connectivity index (χ0n) is 18.7. The van der Waals surface area contributed by atoms with Crippen LogP contribution in [0.3, 0.4) is 0 Å². The zero-order valence-corrected chi connectivity index (χ0v) is 19.6. The Morgan fingerprint density at radius 1 is 0.967 bits per heavy atom. The lowest BCUT2D eigenvalue weighted by Crippen LogP contribution is -2.49. The van der Waals surface area contributed by atoms with Gasteiger partial charge >= 0.3 is 18.0 Å². The molecular weight excluding hydrogens is 404 g/mol. The lowest BCUT2D eigenvalue weighted by atomic mass is 10.1. The lowest BCUT2D eigenvalue weighted by Gasteiger charge is -2.19. The maximum Gasteiger partial charge on any atom is 0.327 e. The van der Waals surface area contributed by atoms with E-state index in [-0.39, 0.29) is 5.75 Å². The molecule has 0 aliphatic heterocycles. The van der Waals surface area contributed by atoms with E-state index in [1.54, 1.807) is 0 Å². The minimum absolute atomic E-state index is 0.204. The maximum absolute atomic E-state index is 11.9. The van der Waals surface area contributed by atoms with Crippen molar-refractivity contribution in [2.24, 2.45) is 0 Å². The molecule has 8 heteroatoms. The Morgan fingerprint density at radius 2 is 1.53 bits per heavy atom. The summed E-state index contributed by atoms with van der Waals surface area (Å²) in [6, 6.07) is -1.79. The first-order valence-corrected chi connectivity index (χ1v) is 11.2. The Bertz CT molecular complexity index is 666. The van der Waals surface area contributed by atoms with Gasteiger partial charge in [-0.05, 0) is 53.4 Å². The fourth-order valence-corrected chi connectivity index (χ4v) is 3.43. The Morgan fingerprint density at radius 3 is 2.07 bits per heavy atom. The van der Waals surface area contributed by atoms with Crippen LogP contribution in [-0.4, -0.2) is 64.2 Å². The first-order chi connectivity index (χ1) is 14.0. The molecule has 0 bridgehead atoms. The van der Waals surface area contributed by atoms with Crippen LogP contribution in [0.5, 0.6) is 0 Å². The molecule has 0 aliphatic rings. The quantitative estimate of drug-likeness (QED) is 0.274. The summed E-state index contributed by atoms with van der Waals surface area (Å²) in [7, 11) is 1.30. The third-order valence-electron chi connectivity index (χ3n) is 4.27. The second-order valence-corrected chi connectivity index (χ2v) is 8.66. The number of carbonyl (C=O) groups is 3. The third-order valence-corrected chi connectivity index (χ3v) is 5.24. The Hall–Kier alpha value is -2.22. The van der Waals surface area contributed by atoms with E-state index in [1.165, 1.54) is 35.5 Å². The van der Waals surface area contributed by atoms with Gasteiger partial charge in [-0.1, -0.05) is 34.9 Å². The van der Waals surface area contributed by atoms with Crippen LogP contribution in [0.1, 0.15) is 53.4 Å². The van der Waals surface area contributed by atoms with Crippen LogP contribution in [0.25, 0.3) is 0 Å². The highest BCUT2D eigenvalue weighted by Crippen LogP contribution is 2.13. The van der Waals surface area contributed by atoms with Crippen LogP contribution in [-0.2, 0) is 9.59 Å². The van der Waals surface area contributed by atoms with Crippen molar-refractivity contribution in [1.29, 1.82) is 0 Å². The zero-order chi connectivity index (χ0) is 23.1. The molecule has 0 heterocycles. The topological polar surface area (TPSA) is 107 Å². The average molecular weight is 441 g/mol. The van der Waals surface area contributed by atoms with Crippen molar-refractivity contribution in [3.8, 4) is 0 Å². The number of allylic oxidation sites excluding steroid dienone is 5. The molecule has 1 unspecified atom stereocenters. The minimum atomic E-state index is -1.16. The molecule has 3 N–H and O–H groups in total. The Balaban J connectivity index is 4.31. The van der Waals surface area contributed by atoms with Crippen molar-refractivity contribution in [2.75, 3.05) is 25.1 Å². The number of nitrogens with zero attached hydrogens (tertiary/aromatic N) is 1. The monoisotopic (exact) mass is 440 g/mol. The van der Waals surface area contributed by atoms with Gasteiger partial charge in [0.05, 0.1) is 0 Å². The van der Waals surface area contributed by atoms with Gasteiger partial charge in [0.1, 0.15) is 12.6 Å². The van der Waals surface area contributed by atoms with Gasteiger partial charge < -0.3 is 20.4 Å². The molecule has 0 aromatic carbocycles. The molecule has 0 rings (SSSR count).